The van der Waals surface area contributed by atoms with Crippen molar-refractivity contribution < 1.29 is 0 Å². The molecule has 0 fully saturated rings. The molecule has 0 saturated carbocycles. The zero-order valence-electron chi connectivity index (χ0n) is 8.78. The highest BCUT2D eigenvalue weighted by Gasteiger charge is 2.27. The molecule has 0 radical (unpaired) electrons. The van der Waals surface area contributed by atoms with Crippen LogP contribution in [0.1, 0.15) is 17.5 Å². The van der Waals surface area contributed by atoms with E-state index in [4.69, 9.17) is 17.3 Å². The molecule has 1 unspecified atom stereocenters. The SMILES string of the molecule is NC1(Cl)CC=Cc2cc3ccccc3cc21. The smallest absolute Gasteiger partial charge is 0.121 e. The molecule has 2 aromatic carbocycles. The lowest BCUT2D eigenvalue weighted by molar-refractivity contribution is 0.646. The molecule has 1 nitrogen and oxygen atoms in total. The normalized spacial score (nSPS) is 23.4. The number of fused-ring (bicyclic) bond motifs is 2. The maximum atomic E-state index is 6.33. The van der Waals surface area contributed by atoms with Gasteiger partial charge in [-0.05, 0) is 34.0 Å². The number of hydrogen-bond donors (Lipinski definition) is 1. The van der Waals surface area contributed by atoms with Crippen molar-refractivity contribution in [1.29, 1.82) is 0 Å². The molecule has 0 bridgehead atoms. The second-order valence-electron chi connectivity index (χ2n) is 4.26. The minimum absolute atomic E-state index is 0.680. The molecule has 3 rings (SSSR count). The summed E-state index contributed by atoms with van der Waals surface area (Å²) in [6.07, 6.45) is 4.80. The quantitative estimate of drug-likeness (QED) is 0.542. The van der Waals surface area contributed by atoms with Gasteiger partial charge in [0, 0.05) is 6.42 Å². The molecular weight excluding hydrogens is 218 g/mol. The molecule has 1 aliphatic carbocycles. The van der Waals surface area contributed by atoms with E-state index in [1.807, 2.05) is 18.2 Å². The Morgan fingerprint density at radius 3 is 2.56 bits per heavy atom. The van der Waals surface area contributed by atoms with Crippen LogP contribution in [0.25, 0.3) is 16.8 Å². The molecular formula is C14H12ClN. The molecule has 1 atom stereocenters. The van der Waals surface area contributed by atoms with Crippen LogP contribution in [0, 0.1) is 0 Å². The first-order valence-corrected chi connectivity index (χ1v) is 5.72. The monoisotopic (exact) mass is 229 g/mol. The molecule has 1 aliphatic rings. The largest absolute Gasteiger partial charge is 0.309 e. The first-order valence-electron chi connectivity index (χ1n) is 5.34. The highest BCUT2D eigenvalue weighted by Crippen LogP contribution is 2.36. The lowest BCUT2D eigenvalue weighted by atomic mass is 9.90. The standard InChI is InChI=1S/C14H12ClN/c15-14(16)7-3-6-12-8-10-4-1-2-5-11(10)9-13(12)14/h1-6,8-9H,7,16H2. The summed E-state index contributed by atoms with van der Waals surface area (Å²) in [5, 5.41) is 2.41. The van der Waals surface area contributed by atoms with Crippen LogP contribution in [0.5, 0.6) is 0 Å². The van der Waals surface area contributed by atoms with Gasteiger partial charge in [-0.3, -0.25) is 0 Å². The Labute approximate surface area is 99.5 Å². The molecule has 0 heterocycles. The van der Waals surface area contributed by atoms with Crippen molar-refractivity contribution >= 4 is 28.4 Å². The van der Waals surface area contributed by atoms with E-state index in [1.165, 1.54) is 10.8 Å². The molecule has 80 valence electrons. The van der Waals surface area contributed by atoms with Crippen molar-refractivity contribution in [1.82, 2.24) is 0 Å². The van der Waals surface area contributed by atoms with Crippen molar-refractivity contribution in [2.45, 2.75) is 11.4 Å². The van der Waals surface area contributed by atoms with Crippen molar-refractivity contribution in [3.8, 4) is 0 Å². The Morgan fingerprint density at radius 2 is 1.81 bits per heavy atom. The summed E-state index contributed by atoms with van der Waals surface area (Å²) in [7, 11) is 0. The van der Waals surface area contributed by atoms with Crippen LogP contribution in [0.4, 0.5) is 0 Å². The van der Waals surface area contributed by atoms with E-state index in [9.17, 15) is 0 Å². The van der Waals surface area contributed by atoms with Crippen LogP contribution >= 0.6 is 11.6 Å². The van der Waals surface area contributed by atoms with Crippen molar-refractivity contribution in [3.63, 3.8) is 0 Å². The lowest BCUT2D eigenvalue weighted by Gasteiger charge is -2.26. The first-order chi connectivity index (χ1) is 7.67. The van der Waals surface area contributed by atoms with E-state index in [1.54, 1.807) is 0 Å². The second-order valence-corrected chi connectivity index (χ2v) is 4.93. The maximum absolute atomic E-state index is 6.33. The van der Waals surface area contributed by atoms with E-state index in [0.29, 0.717) is 6.42 Å². The second kappa shape index (κ2) is 3.34. The van der Waals surface area contributed by atoms with Crippen LogP contribution in [0.3, 0.4) is 0 Å². The number of alkyl halides is 1. The van der Waals surface area contributed by atoms with Gasteiger partial charge in [0.15, 0.2) is 0 Å². The van der Waals surface area contributed by atoms with Gasteiger partial charge < -0.3 is 5.73 Å². The topological polar surface area (TPSA) is 26.0 Å². The van der Waals surface area contributed by atoms with Gasteiger partial charge in [-0.2, -0.15) is 0 Å². The zero-order chi connectivity index (χ0) is 11.2. The average Bonchev–Trinajstić information content (AvgIpc) is 2.27. The first kappa shape index (κ1) is 9.88. The molecule has 16 heavy (non-hydrogen) atoms. The molecule has 2 N–H and O–H groups in total. The van der Waals surface area contributed by atoms with Crippen LogP contribution in [-0.2, 0) is 5.00 Å². The highest BCUT2D eigenvalue weighted by molar-refractivity contribution is 6.24. The Balaban J connectivity index is 2.35. The van der Waals surface area contributed by atoms with Crippen molar-refractivity contribution in [3.05, 3.63) is 53.6 Å². The van der Waals surface area contributed by atoms with E-state index in [-0.39, 0.29) is 0 Å². The Hall–Kier alpha value is -1.31. The summed E-state index contributed by atoms with van der Waals surface area (Å²) >= 11 is 6.33. The Morgan fingerprint density at radius 1 is 1.12 bits per heavy atom. The van der Waals surface area contributed by atoms with Gasteiger partial charge in [0.2, 0.25) is 0 Å². The van der Waals surface area contributed by atoms with Crippen molar-refractivity contribution in [2.24, 2.45) is 5.73 Å². The molecule has 0 aromatic heterocycles. The summed E-state index contributed by atoms with van der Waals surface area (Å²) in [6.45, 7) is 0. The van der Waals surface area contributed by atoms with E-state index in [2.05, 4.69) is 30.3 Å². The average molecular weight is 230 g/mol. The number of benzene rings is 2. The maximum Gasteiger partial charge on any atom is 0.121 e. The summed E-state index contributed by atoms with van der Waals surface area (Å²) in [5.41, 5.74) is 8.25. The fourth-order valence-corrected chi connectivity index (χ4v) is 2.48. The van der Waals surface area contributed by atoms with Gasteiger partial charge in [0.25, 0.3) is 0 Å². The van der Waals surface area contributed by atoms with Gasteiger partial charge in [-0.25, -0.2) is 0 Å². The summed E-state index contributed by atoms with van der Waals surface area (Å²) in [5.74, 6) is 0. The van der Waals surface area contributed by atoms with E-state index < -0.39 is 5.00 Å². The minimum atomic E-state index is -0.756. The molecule has 0 aliphatic heterocycles. The fraction of sp³-hybridized carbons (Fsp3) is 0.143. The van der Waals surface area contributed by atoms with Crippen LogP contribution in [0.2, 0.25) is 0 Å². The molecule has 2 heteroatoms. The predicted molar refractivity (Wildman–Crippen MR) is 69.3 cm³/mol. The van der Waals surface area contributed by atoms with E-state index in [0.717, 1.165) is 11.1 Å². The molecule has 0 saturated heterocycles. The third-order valence-electron chi connectivity index (χ3n) is 3.08. The highest BCUT2D eigenvalue weighted by atomic mass is 35.5. The third-order valence-corrected chi connectivity index (χ3v) is 3.44. The van der Waals surface area contributed by atoms with Gasteiger partial charge in [-0.1, -0.05) is 48.0 Å². The van der Waals surface area contributed by atoms with Gasteiger partial charge >= 0.3 is 0 Å². The summed E-state index contributed by atoms with van der Waals surface area (Å²) in [4.78, 5) is -0.756. The lowest BCUT2D eigenvalue weighted by Crippen LogP contribution is -2.31. The van der Waals surface area contributed by atoms with Crippen molar-refractivity contribution in [2.75, 3.05) is 0 Å². The summed E-state index contributed by atoms with van der Waals surface area (Å²) in [6, 6.07) is 12.5. The minimum Gasteiger partial charge on any atom is -0.309 e. The number of hydrogen-bond acceptors (Lipinski definition) is 1. The Kier molecular flexibility index (Phi) is 2.06. The van der Waals surface area contributed by atoms with Gasteiger partial charge in [0.1, 0.15) is 5.00 Å². The summed E-state index contributed by atoms with van der Waals surface area (Å²) < 4.78 is 0. The predicted octanol–water partition coefficient (Wildman–Crippen LogP) is 3.61. The number of rotatable bonds is 0. The third kappa shape index (κ3) is 1.44. The van der Waals surface area contributed by atoms with Gasteiger partial charge in [-0.15, -0.1) is 0 Å². The Bertz CT molecular complexity index is 584. The van der Waals surface area contributed by atoms with Crippen LogP contribution < -0.4 is 5.73 Å². The zero-order valence-corrected chi connectivity index (χ0v) is 9.54. The number of halogens is 1. The molecule has 0 amide bonds. The molecule has 2 aromatic rings. The fourth-order valence-electron chi connectivity index (χ4n) is 2.22. The number of nitrogens with two attached hydrogens (primary N) is 1. The molecule has 0 spiro atoms. The van der Waals surface area contributed by atoms with Crippen LogP contribution in [0.15, 0.2) is 42.5 Å². The van der Waals surface area contributed by atoms with Crippen LogP contribution in [-0.4, -0.2) is 0 Å². The van der Waals surface area contributed by atoms with Gasteiger partial charge in [0.05, 0.1) is 0 Å². The van der Waals surface area contributed by atoms with E-state index >= 15 is 0 Å².